The van der Waals surface area contributed by atoms with E-state index < -0.39 is 41.6 Å². The Labute approximate surface area is 195 Å². The number of carbonyl (C=O) groups is 5. The lowest BCUT2D eigenvalue weighted by atomic mass is 9.59. The number of phenols is 1. The Morgan fingerprint density at radius 3 is 2.50 bits per heavy atom. The van der Waals surface area contributed by atoms with Gasteiger partial charge >= 0.3 is 6.09 Å². The van der Waals surface area contributed by atoms with Gasteiger partial charge in [-0.1, -0.05) is 23.8 Å². The van der Waals surface area contributed by atoms with Crippen LogP contribution in [0.3, 0.4) is 0 Å². The molecule has 0 saturated carbocycles. The van der Waals surface area contributed by atoms with Gasteiger partial charge in [-0.3, -0.25) is 19.2 Å². The molecule has 0 spiro atoms. The fourth-order valence-electron chi connectivity index (χ4n) is 5.89. The van der Waals surface area contributed by atoms with Crippen LogP contribution < -0.4 is 0 Å². The summed E-state index contributed by atoms with van der Waals surface area (Å²) in [6.07, 6.45) is 2.57. The average molecular weight is 461 g/mol. The molecule has 0 bridgehead atoms. The van der Waals surface area contributed by atoms with E-state index in [2.05, 4.69) is 4.74 Å². The Hall–Kier alpha value is -3.81. The van der Waals surface area contributed by atoms with Crippen molar-refractivity contribution in [3.8, 4) is 5.75 Å². The molecule has 1 saturated heterocycles. The second-order valence-electron chi connectivity index (χ2n) is 9.26. The molecular formula is C26H23NO7. The van der Waals surface area contributed by atoms with Crippen LogP contribution in [0.4, 0.5) is 4.79 Å². The smallest absolute Gasteiger partial charge is 0.423 e. The highest BCUT2D eigenvalue weighted by molar-refractivity contribution is 6.24. The normalized spacial score (nSPS) is 28.3. The Morgan fingerprint density at radius 1 is 1.09 bits per heavy atom. The molecule has 1 aromatic rings. The van der Waals surface area contributed by atoms with Crippen LogP contribution in [0.25, 0.3) is 0 Å². The van der Waals surface area contributed by atoms with Crippen LogP contribution in [0.2, 0.25) is 0 Å². The highest BCUT2D eigenvalue weighted by Crippen LogP contribution is 2.55. The number of ether oxygens (including phenoxy) is 1. The van der Waals surface area contributed by atoms with Crippen LogP contribution in [0, 0.1) is 24.7 Å². The fourth-order valence-corrected chi connectivity index (χ4v) is 5.89. The maximum absolute atomic E-state index is 13.3. The molecule has 1 fully saturated rings. The highest BCUT2D eigenvalue weighted by Gasteiger charge is 2.58. The van der Waals surface area contributed by atoms with Crippen molar-refractivity contribution < 1.29 is 33.8 Å². The highest BCUT2D eigenvalue weighted by atomic mass is 16.5. The number of hydrogen-bond acceptors (Lipinski definition) is 7. The van der Waals surface area contributed by atoms with Gasteiger partial charge in [0.15, 0.2) is 11.6 Å². The Morgan fingerprint density at radius 2 is 1.82 bits per heavy atom. The molecule has 4 aliphatic rings. The lowest BCUT2D eigenvalue weighted by Gasteiger charge is -2.42. The molecule has 1 N–H and O–H groups in total. The number of imide groups is 3. The molecule has 8 heteroatoms. The Kier molecular flexibility index (Phi) is 4.93. The van der Waals surface area contributed by atoms with E-state index in [4.69, 9.17) is 0 Å². The van der Waals surface area contributed by atoms with E-state index >= 15 is 0 Å². The number of hydrogen-bond donors (Lipinski definition) is 1. The molecular weight excluding hydrogens is 438 g/mol. The van der Waals surface area contributed by atoms with Crippen molar-refractivity contribution in [2.45, 2.75) is 32.6 Å². The minimum atomic E-state index is -1.02. The number of ketones is 2. The van der Waals surface area contributed by atoms with Crippen LogP contribution in [0.1, 0.15) is 36.8 Å². The average Bonchev–Trinajstić information content (AvgIpc) is 3.07. The zero-order chi connectivity index (χ0) is 24.5. The second kappa shape index (κ2) is 7.62. The van der Waals surface area contributed by atoms with Gasteiger partial charge in [0, 0.05) is 22.6 Å². The van der Waals surface area contributed by atoms with Crippen molar-refractivity contribution in [3.05, 3.63) is 63.8 Å². The summed E-state index contributed by atoms with van der Waals surface area (Å²) >= 11 is 0. The molecule has 34 heavy (non-hydrogen) atoms. The monoisotopic (exact) mass is 461 g/mol. The van der Waals surface area contributed by atoms with Gasteiger partial charge < -0.3 is 9.84 Å². The van der Waals surface area contributed by atoms with E-state index in [0.717, 1.165) is 12.7 Å². The fraction of sp³-hybridized carbons (Fsp3) is 0.346. The first-order chi connectivity index (χ1) is 16.1. The van der Waals surface area contributed by atoms with Gasteiger partial charge in [0.05, 0.1) is 18.9 Å². The second-order valence-corrected chi connectivity index (χ2v) is 9.26. The van der Waals surface area contributed by atoms with Gasteiger partial charge in [0.25, 0.3) is 0 Å². The maximum atomic E-state index is 13.3. The summed E-state index contributed by atoms with van der Waals surface area (Å²) < 4.78 is 4.65. The minimum Gasteiger partial charge on any atom is -0.508 e. The van der Waals surface area contributed by atoms with Crippen LogP contribution in [0.5, 0.6) is 5.75 Å². The first kappa shape index (κ1) is 22.0. The number of amides is 3. The molecule has 8 nitrogen and oxygen atoms in total. The number of benzene rings is 1. The van der Waals surface area contributed by atoms with Crippen molar-refractivity contribution in [2.75, 3.05) is 7.11 Å². The van der Waals surface area contributed by atoms with Gasteiger partial charge in [0.1, 0.15) is 5.75 Å². The molecule has 1 aromatic carbocycles. The maximum Gasteiger partial charge on any atom is 0.423 e. The molecule has 3 aliphatic carbocycles. The summed E-state index contributed by atoms with van der Waals surface area (Å²) in [5.41, 5.74) is 3.17. The first-order valence-electron chi connectivity index (χ1n) is 11.1. The zero-order valence-electron chi connectivity index (χ0n) is 19.0. The Balaban J connectivity index is 1.68. The first-order valence-corrected chi connectivity index (χ1v) is 11.1. The Bertz CT molecular complexity index is 1300. The summed E-state index contributed by atoms with van der Waals surface area (Å²) in [4.78, 5) is 65.3. The largest absolute Gasteiger partial charge is 0.508 e. The molecule has 3 amide bonds. The number of Topliss-reactive ketones (excluding diaryl/α,β-unsaturated/α-hetero) is 1. The molecule has 5 rings (SSSR count). The zero-order valence-corrected chi connectivity index (χ0v) is 19.0. The van der Waals surface area contributed by atoms with Gasteiger partial charge in [-0.15, -0.1) is 0 Å². The number of phenolic OH excluding ortho intramolecular Hbond substituents is 1. The van der Waals surface area contributed by atoms with Crippen LogP contribution in [-0.4, -0.2) is 46.6 Å². The van der Waals surface area contributed by atoms with Crippen LogP contribution >= 0.6 is 0 Å². The van der Waals surface area contributed by atoms with Gasteiger partial charge in [-0.2, -0.15) is 4.90 Å². The lowest BCUT2D eigenvalue weighted by molar-refractivity contribution is -0.137. The summed E-state index contributed by atoms with van der Waals surface area (Å²) in [5.74, 6) is -4.30. The predicted octanol–water partition coefficient (Wildman–Crippen LogP) is 2.90. The van der Waals surface area contributed by atoms with Crippen molar-refractivity contribution in [1.82, 2.24) is 4.90 Å². The van der Waals surface area contributed by atoms with E-state index in [1.807, 2.05) is 6.08 Å². The van der Waals surface area contributed by atoms with E-state index in [1.165, 1.54) is 6.08 Å². The molecule has 0 radical (unpaired) electrons. The number of fused-ring (bicyclic) bond motifs is 3. The van der Waals surface area contributed by atoms with Crippen molar-refractivity contribution in [2.24, 2.45) is 17.8 Å². The van der Waals surface area contributed by atoms with E-state index in [0.29, 0.717) is 32.7 Å². The quantitative estimate of drug-likeness (QED) is 0.388. The number of allylic oxidation sites excluding steroid dienone is 6. The summed E-state index contributed by atoms with van der Waals surface area (Å²) in [7, 11) is 1.11. The third-order valence-electron chi connectivity index (χ3n) is 7.47. The van der Waals surface area contributed by atoms with Crippen molar-refractivity contribution >= 4 is 29.5 Å². The van der Waals surface area contributed by atoms with E-state index in [1.54, 1.807) is 32.0 Å². The predicted molar refractivity (Wildman–Crippen MR) is 118 cm³/mol. The SMILES string of the molecule is COC(=O)N1C(=O)[C@H]2[C@H](CC=C3[C@H](c4ccc(O)c(C)c4)C4=C(C[C@H]32)C(=O)C(C)=CC4=O)C1=O. The number of rotatable bonds is 1. The summed E-state index contributed by atoms with van der Waals surface area (Å²) in [5, 5.41) is 10.0. The van der Waals surface area contributed by atoms with Gasteiger partial charge in [-0.05, 0) is 55.9 Å². The number of likely N-dealkylation sites (tertiary alicyclic amines) is 1. The minimum absolute atomic E-state index is 0.107. The number of aromatic hydroxyl groups is 1. The molecule has 1 aliphatic heterocycles. The van der Waals surface area contributed by atoms with Gasteiger partial charge in [0.2, 0.25) is 11.8 Å². The molecule has 174 valence electrons. The van der Waals surface area contributed by atoms with Crippen molar-refractivity contribution in [3.63, 3.8) is 0 Å². The van der Waals surface area contributed by atoms with E-state index in [9.17, 15) is 29.1 Å². The topological polar surface area (TPSA) is 118 Å². The number of aryl methyl sites for hydroxylation is 1. The number of methoxy groups -OCH3 is 1. The lowest BCUT2D eigenvalue weighted by Crippen LogP contribution is -2.40. The third-order valence-corrected chi connectivity index (χ3v) is 7.47. The van der Waals surface area contributed by atoms with Crippen molar-refractivity contribution in [1.29, 1.82) is 0 Å². The standard InChI is InChI=1S/C26H23NO7/c1-11-8-13(4-7-18(11)28)20-14-5-6-15-21(25(32)27(24(15)31)26(33)34-3)16(14)10-17-22(20)19(29)9-12(2)23(17)30/h4-5,7-9,15-16,20-21,28H,6,10H2,1-3H3/t15-,16+,20-,21-/m0/s1. The molecule has 4 atom stereocenters. The van der Waals surface area contributed by atoms with Gasteiger partial charge in [-0.25, -0.2) is 4.79 Å². The van der Waals surface area contributed by atoms with E-state index in [-0.39, 0.29) is 30.2 Å². The summed E-state index contributed by atoms with van der Waals surface area (Å²) in [6.45, 7) is 3.33. The molecule has 0 aromatic heterocycles. The number of nitrogens with zero attached hydrogens (tertiary/aromatic N) is 1. The number of carbonyl (C=O) groups excluding carboxylic acids is 5. The van der Waals surface area contributed by atoms with Crippen LogP contribution in [0.15, 0.2) is 52.6 Å². The van der Waals surface area contributed by atoms with Crippen LogP contribution in [-0.2, 0) is 23.9 Å². The molecule has 0 unspecified atom stereocenters. The third kappa shape index (κ3) is 2.94. The molecule has 1 heterocycles. The summed E-state index contributed by atoms with van der Waals surface area (Å²) in [6, 6.07) is 5.02.